The fraction of sp³-hybridized carbons (Fsp3) is 0.136. The Morgan fingerprint density at radius 2 is 1.80 bits per heavy atom. The number of rotatable bonds is 8. The molecule has 3 rings (SSSR count). The summed E-state index contributed by atoms with van der Waals surface area (Å²) in [6, 6.07) is 17.9. The molecule has 0 aliphatic carbocycles. The van der Waals surface area contributed by atoms with Crippen LogP contribution in [0.4, 0.5) is 11.4 Å². The molecule has 0 fully saturated rings. The molecule has 0 atom stereocenters. The van der Waals surface area contributed by atoms with Crippen molar-refractivity contribution < 1.29 is 23.0 Å². The highest BCUT2D eigenvalue weighted by molar-refractivity contribution is 7.92. The maximum absolute atomic E-state index is 13.0. The van der Waals surface area contributed by atoms with Gasteiger partial charge >= 0.3 is 0 Å². The second-order valence-corrected chi connectivity index (χ2v) is 7.87. The molecule has 0 saturated carbocycles. The van der Waals surface area contributed by atoms with Crippen LogP contribution in [0, 0.1) is 0 Å². The standard InChI is InChI=1S/C22H22N2O5S/c1-3-29-19-11-8-17(9-12-19)24-30(26,27)22-14-18(10-13-21(22)28-2)23-15-16-6-4-5-7-20(16)25/h4-15,24-25H,3H2,1-2H3. The number of phenols is 1. The summed E-state index contributed by atoms with van der Waals surface area (Å²) in [5.41, 5.74) is 1.31. The molecule has 3 aromatic carbocycles. The number of para-hydroxylation sites is 1. The predicted octanol–water partition coefficient (Wildman–Crippen LogP) is 4.35. The summed E-state index contributed by atoms with van der Waals surface area (Å²) in [7, 11) is -2.53. The van der Waals surface area contributed by atoms with Gasteiger partial charge in [0.25, 0.3) is 10.0 Å². The van der Waals surface area contributed by atoms with Gasteiger partial charge in [0.15, 0.2) is 0 Å². The van der Waals surface area contributed by atoms with E-state index in [0.717, 1.165) is 0 Å². The first kappa shape index (κ1) is 21.2. The zero-order valence-electron chi connectivity index (χ0n) is 16.6. The number of phenolic OH excluding ortho intramolecular Hbond substituents is 1. The highest BCUT2D eigenvalue weighted by Gasteiger charge is 2.20. The number of methoxy groups -OCH3 is 1. The zero-order valence-corrected chi connectivity index (χ0v) is 17.4. The van der Waals surface area contributed by atoms with Crippen LogP contribution in [0.25, 0.3) is 0 Å². The second-order valence-electron chi connectivity index (χ2n) is 6.22. The van der Waals surface area contributed by atoms with Crippen LogP contribution in [0.2, 0.25) is 0 Å². The van der Waals surface area contributed by atoms with E-state index in [-0.39, 0.29) is 16.4 Å². The van der Waals surface area contributed by atoms with E-state index in [1.54, 1.807) is 54.6 Å². The summed E-state index contributed by atoms with van der Waals surface area (Å²) in [6.07, 6.45) is 1.47. The summed E-state index contributed by atoms with van der Waals surface area (Å²) < 4.78 is 39.0. The Morgan fingerprint density at radius 1 is 1.07 bits per heavy atom. The average Bonchev–Trinajstić information content (AvgIpc) is 2.74. The molecule has 3 aromatic rings. The van der Waals surface area contributed by atoms with Gasteiger partial charge in [-0.25, -0.2) is 8.42 Å². The molecule has 0 saturated heterocycles. The van der Waals surface area contributed by atoms with Gasteiger partial charge in [0.1, 0.15) is 22.1 Å². The lowest BCUT2D eigenvalue weighted by Gasteiger charge is -2.12. The molecule has 0 aliphatic heterocycles. The molecule has 0 aromatic heterocycles. The highest BCUT2D eigenvalue weighted by Crippen LogP contribution is 2.30. The summed E-state index contributed by atoms with van der Waals surface area (Å²) >= 11 is 0. The quantitative estimate of drug-likeness (QED) is 0.522. The predicted molar refractivity (Wildman–Crippen MR) is 117 cm³/mol. The van der Waals surface area contributed by atoms with Gasteiger partial charge < -0.3 is 14.6 Å². The molecule has 0 radical (unpaired) electrons. The van der Waals surface area contributed by atoms with E-state index in [4.69, 9.17) is 9.47 Å². The Hall–Kier alpha value is -3.52. The van der Waals surface area contributed by atoms with E-state index in [1.165, 1.54) is 25.5 Å². The third-order valence-electron chi connectivity index (χ3n) is 4.14. The number of hydrogen-bond acceptors (Lipinski definition) is 6. The molecule has 8 heteroatoms. The molecule has 0 bridgehead atoms. The van der Waals surface area contributed by atoms with E-state index in [0.29, 0.717) is 29.3 Å². The number of aliphatic imine (C=N–C) groups is 1. The fourth-order valence-corrected chi connectivity index (χ4v) is 3.94. The van der Waals surface area contributed by atoms with Crippen LogP contribution in [0.15, 0.2) is 76.6 Å². The molecule has 0 aliphatic rings. The number of anilines is 1. The average molecular weight is 426 g/mol. The largest absolute Gasteiger partial charge is 0.507 e. The number of benzene rings is 3. The van der Waals surface area contributed by atoms with Crippen LogP contribution in [-0.4, -0.2) is 33.5 Å². The van der Waals surface area contributed by atoms with E-state index >= 15 is 0 Å². The minimum atomic E-state index is -3.93. The first-order chi connectivity index (χ1) is 14.4. The van der Waals surface area contributed by atoms with Crippen molar-refractivity contribution in [2.45, 2.75) is 11.8 Å². The van der Waals surface area contributed by atoms with Gasteiger partial charge in [0.05, 0.1) is 19.4 Å². The fourth-order valence-electron chi connectivity index (χ4n) is 2.69. The maximum Gasteiger partial charge on any atom is 0.265 e. The van der Waals surface area contributed by atoms with E-state index < -0.39 is 10.0 Å². The van der Waals surface area contributed by atoms with Crippen molar-refractivity contribution in [2.75, 3.05) is 18.4 Å². The molecule has 0 unspecified atom stereocenters. The SMILES string of the molecule is CCOc1ccc(NS(=O)(=O)c2cc(N=Cc3ccccc3O)ccc2OC)cc1. The van der Waals surface area contributed by atoms with Gasteiger partial charge in [0.2, 0.25) is 0 Å². The molecule has 156 valence electrons. The van der Waals surface area contributed by atoms with Gasteiger partial charge in [-0.1, -0.05) is 12.1 Å². The van der Waals surface area contributed by atoms with Crippen molar-refractivity contribution in [3.05, 3.63) is 72.3 Å². The molecule has 7 nitrogen and oxygen atoms in total. The number of aromatic hydroxyl groups is 1. The van der Waals surface area contributed by atoms with Gasteiger partial charge in [-0.2, -0.15) is 0 Å². The summed E-state index contributed by atoms with van der Waals surface area (Å²) in [4.78, 5) is 4.23. The molecule has 2 N–H and O–H groups in total. The van der Waals surface area contributed by atoms with Crippen LogP contribution < -0.4 is 14.2 Å². The Balaban J connectivity index is 1.89. The molecule has 0 spiro atoms. The van der Waals surface area contributed by atoms with Crippen molar-refractivity contribution in [2.24, 2.45) is 4.99 Å². The first-order valence-corrected chi connectivity index (χ1v) is 10.7. The van der Waals surface area contributed by atoms with Crippen molar-refractivity contribution in [1.82, 2.24) is 0 Å². The molecule has 0 heterocycles. The van der Waals surface area contributed by atoms with Gasteiger partial charge in [-0.05, 0) is 61.5 Å². The lowest BCUT2D eigenvalue weighted by molar-refractivity contribution is 0.340. The van der Waals surface area contributed by atoms with E-state index in [1.807, 2.05) is 6.92 Å². The normalized spacial score (nSPS) is 11.4. The number of ether oxygens (including phenoxy) is 2. The van der Waals surface area contributed by atoms with Crippen molar-refractivity contribution in [3.63, 3.8) is 0 Å². The third kappa shape index (κ3) is 5.09. The molecule has 0 amide bonds. The van der Waals surface area contributed by atoms with Crippen LogP contribution in [-0.2, 0) is 10.0 Å². The van der Waals surface area contributed by atoms with Gasteiger partial charge in [-0.3, -0.25) is 9.71 Å². The van der Waals surface area contributed by atoms with E-state index in [2.05, 4.69) is 9.71 Å². The van der Waals surface area contributed by atoms with Crippen molar-refractivity contribution in [3.8, 4) is 17.2 Å². The first-order valence-electron chi connectivity index (χ1n) is 9.18. The maximum atomic E-state index is 13.0. The lowest BCUT2D eigenvalue weighted by Crippen LogP contribution is -2.14. The number of hydrogen-bond donors (Lipinski definition) is 2. The summed E-state index contributed by atoms with van der Waals surface area (Å²) in [5, 5.41) is 9.85. The van der Waals surface area contributed by atoms with Crippen LogP contribution >= 0.6 is 0 Å². The van der Waals surface area contributed by atoms with Gasteiger partial charge in [-0.15, -0.1) is 0 Å². The number of nitrogens with one attached hydrogen (secondary N) is 1. The number of nitrogens with zero attached hydrogens (tertiary/aromatic N) is 1. The van der Waals surface area contributed by atoms with Crippen LogP contribution in [0.5, 0.6) is 17.2 Å². The van der Waals surface area contributed by atoms with Gasteiger partial charge in [0, 0.05) is 17.5 Å². The zero-order chi connectivity index (χ0) is 21.6. The lowest BCUT2D eigenvalue weighted by atomic mass is 10.2. The minimum Gasteiger partial charge on any atom is -0.507 e. The molecular formula is C22H22N2O5S. The van der Waals surface area contributed by atoms with Crippen molar-refractivity contribution in [1.29, 1.82) is 0 Å². The summed E-state index contributed by atoms with van der Waals surface area (Å²) in [5.74, 6) is 0.924. The topological polar surface area (TPSA) is 97.2 Å². The smallest absolute Gasteiger partial charge is 0.265 e. The van der Waals surface area contributed by atoms with Crippen LogP contribution in [0.1, 0.15) is 12.5 Å². The van der Waals surface area contributed by atoms with Crippen molar-refractivity contribution >= 4 is 27.6 Å². The Bertz CT molecular complexity index is 1140. The third-order valence-corrected chi connectivity index (χ3v) is 5.55. The van der Waals surface area contributed by atoms with Crippen LogP contribution in [0.3, 0.4) is 0 Å². The minimum absolute atomic E-state index is 0.0502. The monoisotopic (exact) mass is 426 g/mol. The number of sulfonamides is 1. The Morgan fingerprint density at radius 3 is 2.47 bits per heavy atom. The van der Waals surface area contributed by atoms with E-state index in [9.17, 15) is 13.5 Å². The summed E-state index contributed by atoms with van der Waals surface area (Å²) in [6.45, 7) is 2.40. The molecule has 30 heavy (non-hydrogen) atoms. The second kappa shape index (κ2) is 9.32. The molecular weight excluding hydrogens is 404 g/mol. The Kier molecular flexibility index (Phi) is 6.58. The highest BCUT2D eigenvalue weighted by atomic mass is 32.2. The Labute approximate surface area is 175 Å².